The van der Waals surface area contributed by atoms with Gasteiger partial charge < -0.3 is 82.9 Å². The van der Waals surface area contributed by atoms with Crippen LogP contribution in [0, 0.1) is 0 Å². The van der Waals surface area contributed by atoms with Crippen LogP contribution in [0.4, 0.5) is 0 Å². The maximum atomic E-state index is 10.8. The van der Waals surface area contributed by atoms with Crippen LogP contribution in [0.2, 0.25) is 0 Å². The van der Waals surface area contributed by atoms with E-state index in [1.165, 1.54) is 45.8 Å². The summed E-state index contributed by atoms with van der Waals surface area (Å²) in [4.78, 5) is 61.5. The maximum absolute atomic E-state index is 10.8. The van der Waals surface area contributed by atoms with Gasteiger partial charge in [0.1, 0.15) is 24.4 Å². The Balaban J connectivity index is 0.000000846. The molecule has 5 N–H and O–H groups in total. The second-order valence-corrected chi connectivity index (χ2v) is 11.6. The molecule has 0 saturated carbocycles. The molecule has 2 fully saturated rings. The largest absolute Gasteiger partial charge is 1.00 e. The topological polar surface area (TPSA) is 329 Å². The minimum Gasteiger partial charge on any atom is -0.790 e. The van der Waals surface area contributed by atoms with Gasteiger partial charge in [-0.1, -0.05) is 0 Å². The summed E-state index contributed by atoms with van der Waals surface area (Å²) >= 11 is 0. The van der Waals surface area contributed by atoms with E-state index < -0.39 is 89.9 Å². The predicted octanol–water partition coefficient (Wildman–Crippen LogP) is -16.8. The first kappa shape index (κ1) is 47.9. The van der Waals surface area contributed by atoms with E-state index in [0.717, 1.165) is 12.4 Å². The number of carboxylic acid groups (broad SMARTS) is 2. The minimum absolute atomic E-state index is 0. The zero-order valence-corrected chi connectivity index (χ0v) is 33.9. The second-order valence-electron chi connectivity index (χ2n) is 9.25. The normalized spacial score (nSPS) is 27.9. The van der Waals surface area contributed by atoms with E-state index in [4.69, 9.17) is 14.4 Å². The summed E-state index contributed by atoms with van der Waals surface area (Å²) in [5.74, 6) is -2.88. The molecule has 20 nitrogen and oxygen atoms in total. The summed E-state index contributed by atoms with van der Waals surface area (Å²) in [6, 6.07) is 5.26. The van der Waals surface area contributed by atoms with Gasteiger partial charge in [0.25, 0.3) is 20.3 Å². The number of phosphoric ester groups is 2. The molecule has 0 amide bonds. The summed E-state index contributed by atoms with van der Waals surface area (Å²) < 4.78 is 41.9. The number of nitrogens with zero attached hydrogens (tertiary/aromatic N) is 2. The molecule has 0 aromatic carbocycles. The van der Waals surface area contributed by atoms with Gasteiger partial charge in [0, 0.05) is 12.1 Å². The number of carbonyl (C=O) groups excluding carboxylic acids is 2. The number of aromatic carboxylic acids is 2. The van der Waals surface area contributed by atoms with Crippen molar-refractivity contribution in [2.75, 3.05) is 13.2 Å². The van der Waals surface area contributed by atoms with Crippen LogP contribution >= 0.6 is 15.6 Å². The molecule has 0 bridgehead atoms. The van der Waals surface area contributed by atoms with Crippen LogP contribution in [0.5, 0.6) is 0 Å². The van der Waals surface area contributed by atoms with Crippen LogP contribution in [0.15, 0.2) is 49.1 Å². The molecule has 25 heteroatoms. The predicted molar refractivity (Wildman–Crippen MR) is 123 cm³/mol. The number of hydrogen-bond acceptors (Lipinski definition) is 17. The Morgan fingerprint density at radius 2 is 1.11 bits per heavy atom. The third kappa shape index (κ3) is 14.4. The number of ether oxygens (including phenoxy) is 2. The van der Waals surface area contributed by atoms with E-state index in [9.17, 15) is 64.0 Å². The first-order valence-electron chi connectivity index (χ1n) is 12.2. The van der Waals surface area contributed by atoms with Crippen LogP contribution < -0.4 is 145 Å². The van der Waals surface area contributed by atoms with E-state index in [1.54, 1.807) is 0 Å². The van der Waals surface area contributed by atoms with Gasteiger partial charge >= 0.3 is 110 Å². The third-order valence-corrected chi connectivity index (χ3v) is 7.12. The number of carboxylic acids is 2. The van der Waals surface area contributed by atoms with Crippen LogP contribution in [0.25, 0.3) is 0 Å². The van der Waals surface area contributed by atoms with Crippen molar-refractivity contribution in [2.45, 2.75) is 49.1 Å². The van der Waals surface area contributed by atoms with Crippen molar-refractivity contribution in [3.63, 3.8) is 0 Å². The third-order valence-electron chi connectivity index (χ3n) is 6.18. The molecular formula is C22H25KN2Na2O18P2. The quantitative estimate of drug-likeness (QED) is 0.0854. The SMILES string of the molecule is O=C([O-])c1ccc[n+]([C@@H]2O[C@H](COP(=O)([O-])O)[C@@H](O)[C@H]2O)c1.O=C([O-])c1ccc[n+]([C@@H]2O[C@H](COP(=O)([O-])[O-])[C@@H](O)[C@H]2O)c1.[K+].[Na+].[Na+]. The van der Waals surface area contributed by atoms with Crippen molar-refractivity contribution in [1.82, 2.24) is 0 Å². The molecular weight excluding hydrogens is 727 g/mol. The molecule has 4 rings (SSSR count). The molecule has 2 aromatic rings. The molecule has 9 atom stereocenters. The molecule has 2 aromatic heterocycles. The fourth-order valence-electron chi connectivity index (χ4n) is 4.10. The van der Waals surface area contributed by atoms with Crippen molar-refractivity contribution in [3.05, 3.63) is 60.2 Å². The molecule has 2 saturated heterocycles. The van der Waals surface area contributed by atoms with Crippen LogP contribution in [-0.2, 0) is 27.7 Å². The summed E-state index contributed by atoms with van der Waals surface area (Å²) in [5, 5.41) is 61.0. The monoisotopic (exact) mass is 752 g/mol. The molecule has 0 spiro atoms. The van der Waals surface area contributed by atoms with E-state index in [0.29, 0.717) is 0 Å². The number of pyridine rings is 2. The zero-order chi connectivity index (χ0) is 33.0. The van der Waals surface area contributed by atoms with E-state index in [-0.39, 0.29) is 122 Å². The van der Waals surface area contributed by atoms with Gasteiger partial charge in [0.15, 0.2) is 37.0 Å². The molecule has 4 heterocycles. The number of aliphatic hydroxyl groups excluding tert-OH is 4. The van der Waals surface area contributed by atoms with Crippen molar-refractivity contribution >= 4 is 27.6 Å². The molecule has 244 valence electrons. The number of hydrogen-bond donors (Lipinski definition) is 5. The Bertz CT molecular complexity index is 1330. The summed E-state index contributed by atoms with van der Waals surface area (Å²) in [6.07, 6.45) is -5.77. The molecule has 0 radical (unpaired) electrons. The number of aromatic nitrogens is 2. The number of aliphatic hydroxyl groups is 4. The molecule has 47 heavy (non-hydrogen) atoms. The van der Waals surface area contributed by atoms with Gasteiger partial charge in [-0.2, -0.15) is 9.13 Å². The Labute approximate surface area is 352 Å². The summed E-state index contributed by atoms with van der Waals surface area (Å²) in [6.45, 7) is -1.47. The molecule has 0 aliphatic carbocycles. The summed E-state index contributed by atoms with van der Waals surface area (Å²) in [7, 11) is -10.2. The molecule has 1 unspecified atom stereocenters. The average molecular weight is 752 g/mol. The van der Waals surface area contributed by atoms with Crippen LogP contribution in [0.1, 0.15) is 33.2 Å². The van der Waals surface area contributed by atoms with E-state index in [2.05, 4.69) is 9.05 Å². The van der Waals surface area contributed by atoms with Crippen LogP contribution in [0.3, 0.4) is 0 Å². The minimum atomic E-state index is -5.24. The average Bonchev–Trinajstić information content (AvgIpc) is 3.40. The fourth-order valence-corrected chi connectivity index (χ4v) is 4.77. The van der Waals surface area contributed by atoms with Gasteiger partial charge in [-0.3, -0.25) is 4.57 Å². The number of phosphoric acid groups is 2. The standard InChI is InChI=1S/2C11H14NO9P.K.2Na/c2*13-8-7(5-20-22(17,18)19)21-10(9(8)14)12-3-1-2-6(4-12)11(15)16;;;/h2*1-4,7-10,13-14H,5H2,(H2-,15,16,17,18,19);;;/q;;3*+1/p-3/t2*7-,8-,9-,10-;;;/m11.../s1. The first-order chi connectivity index (χ1) is 20.4. The van der Waals surface area contributed by atoms with Gasteiger partial charge in [-0.25, -0.2) is 0 Å². The Hall–Kier alpha value is 0.856. The Kier molecular flexibility index (Phi) is 21.2. The number of rotatable bonds is 10. The van der Waals surface area contributed by atoms with E-state index >= 15 is 0 Å². The Morgan fingerprint density at radius 3 is 1.43 bits per heavy atom. The number of carbonyl (C=O) groups is 2. The summed E-state index contributed by atoms with van der Waals surface area (Å²) in [5.41, 5.74) is -0.358. The maximum Gasteiger partial charge on any atom is 1.00 e. The molecule has 2 aliphatic rings. The second kappa shape index (κ2) is 20.8. The van der Waals surface area contributed by atoms with Crippen molar-refractivity contribution in [1.29, 1.82) is 0 Å². The first-order valence-corrected chi connectivity index (χ1v) is 15.2. The fraction of sp³-hybridized carbons (Fsp3) is 0.455. The van der Waals surface area contributed by atoms with Crippen molar-refractivity contribution in [3.8, 4) is 0 Å². The van der Waals surface area contributed by atoms with Crippen molar-refractivity contribution in [2.24, 2.45) is 0 Å². The van der Waals surface area contributed by atoms with E-state index in [1.807, 2.05) is 0 Å². The zero-order valence-electron chi connectivity index (χ0n) is 25.0. The van der Waals surface area contributed by atoms with Crippen LogP contribution in [-0.4, -0.2) is 87.1 Å². The smallest absolute Gasteiger partial charge is 0.790 e. The van der Waals surface area contributed by atoms with Gasteiger partial charge in [-0.15, -0.1) is 0 Å². The van der Waals surface area contributed by atoms with Crippen molar-refractivity contribution < 1.29 is 207 Å². The molecule has 2 aliphatic heterocycles. The Morgan fingerprint density at radius 1 is 0.745 bits per heavy atom. The van der Waals surface area contributed by atoms with Gasteiger partial charge in [0.05, 0.1) is 44.1 Å². The van der Waals surface area contributed by atoms with Gasteiger partial charge in [0.2, 0.25) is 0 Å². The van der Waals surface area contributed by atoms with Gasteiger partial charge in [-0.05, 0) is 12.1 Å².